The molecule has 1 aliphatic rings. The zero-order chi connectivity index (χ0) is 22.2. The van der Waals surface area contributed by atoms with Gasteiger partial charge in [0.25, 0.3) is 0 Å². The second kappa shape index (κ2) is 8.09. The fraction of sp³-hybridized carbons (Fsp3) is 0.192. The van der Waals surface area contributed by atoms with Crippen molar-refractivity contribution in [3.05, 3.63) is 84.1 Å². The third-order valence-corrected chi connectivity index (χ3v) is 6.17. The van der Waals surface area contributed by atoms with Crippen molar-refractivity contribution in [1.82, 2.24) is 15.2 Å². The lowest BCUT2D eigenvalue weighted by atomic mass is 9.80. The Hall–Kier alpha value is -4.13. The quantitative estimate of drug-likeness (QED) is 0.380. The first-order valence-corrected chi connectivity index (χ1v) is 11.1. The third-order valence-electron chi connectivity index (χ3n) is 6.17. The van der Waals surface area contributed by atoms with E-state index in [1.807, 2.05) is 60.7 Å². The standard InChI is InChI=1S/C26H22N4O3/c31-25(14-17-8-5-7-16-6-1-2-9-20(16)17)28-24-15-22(29-30-24)18-12-19(13-18)32-26-27-21-10-3-4-11-23(21)33-26/h1-11,15,18-19H,12-14H2,(H2,28,29,30,31). The number of aromatic nitrogens is 3. The van der Waals surface area contributed by atoms with Crippen molar-refractivity contribution >= 4 is 33.6 Å². The van der Waals surface area contributed by atoms with Gasteiger partial charge >= 0.3 is 6.08 Å². The predicted octanol–water partition coefficient (Wildman–Crippen LogP) is 5.21. The first kappa shape index (κ1) is 19.5. The lowest BCUT2D eigenvalue weighted by Gasteiger charge is -2.33. The number of rotatable bonds is 6. The molecule has 3 aromatic carbocycles. The van der Waals surface area contributed by atoms with E-state index in [0.717, 1.165) is 46.0 Å². The zero-order valence-electron chi connectivity index (χ0n) is 17.8. The van der Waals surface area contributed by atoms with Gasteiger partial charge in [-0.05, 0) is 41.3 Å². The van der Waals surface area contributed by atoms with Crippen LogP contribution in [0.4, 0.5) is 5.82 Å². The number of H-pyrrole nitrogens is 1. The largest absolute Gasteiger partial charge is 0.447 e. The Morgan fingerprint density at radius 2 is 1.88 bits per heavy atom. The highest BCUT2D eigenvalue weighted by molar-refractivity contribution is 5.95. The summed E-state index contributed by atoms with van der Waals surface area (Å²) in [5.74, 6) is 0.754. The van der Waals surface area contributed by atoms with Crippen LogP contribution in [-0.2, 0) is 11.2 Å². The molecule has 0 atom stereocenters. The molecule has 5 aromatic rings. The number of hydrogen-bond acceptors (Lipinski definition) is 5. The Kier molecular flexibility index (Phi) is 4.79. The lowest BCUT2D eigenvalue weighted by Crippen LogP contribution is -2.32. The maximum atomic E-state index is 12.6. The molecule has 7 nitrogen and oxygen atoms in total. The number of anilines is 1. The van der Waals surface area contributed by atoms with E-state index in [-0.39, 0.29) is 12.0 Å². The molecule has 1 aliphatic carbocycles. The average molecular weight is 438 g/mol. The van der Waals surface area contributed by atoms with Gasteiger partial charge in [-0.15, -0.1) is 0 Å². The van der Waals surface area contributed by atoms with Crippen molar-refractivity contribution in [1.29, 1.82) is 0 Å². The summed E-state index contributed by atoms with van der Waals surface area (Å²) in [4.78, 5) is 17.0. The summed E-state index contributed by atoms with van der Waals surface area (Å²) in [7, 11) is 0. The molecule has 164 valence electrons. The summed E-state index contributed by atoms with van der Waals surface area (Å²) >= 11 is 0. The summed E-state index contributed by atoms with van der Waals surface area (Å²) in [6.45, 7) is 0. The molecular formula is C26H22N4O3. The molecule has 0 saturated heterocycles. The molecule has 0 spiro atoms. The van der Waals surface area contributed by atoms with Crippen LogP contribution in [0.2, 0.25) is 0 Å². The highest BCUT2D eigenvalue weighted by Crippen LogP contribution is 2.39. The number of carbonyl (C=O) groups is 1. The lowest BCUT2D eigenvalue weighted by molar-refractivity contribution is -0.115. The number of fused-ring (bicyclic) bond motifs is 2. The molecule has 1 saturated carbocycles. The SMILES string of the molecule is O=C(Cc1cccc2ccccc12)Nc1cc(C2CC(Oc3nc4ccccc4o3)C2)[nH]n1. The van der Waals surface area contributed by atoms with E-state index in [9.17, 15) is 4.79 Å². The van der Waals surface area contributed by atoms with E-state index in [1.165, 1.54) is 0 Å². The highest BCUT2D eigenvalue weighted by atomic mass is 16.6. The van der Waals surface area contributed by atoms with Crippen LogP contribution in [0.5, 0.6) is 6.08 Å². The Labute approximate surface area is 189 Å². The van der Waals surface area contributed by atoms with Gasteiger partial charge in [0.2, 0.25) is 5.91 Å². The number of oxazole rings is 1. The van der Waals surface area contributed by atoms with E-state index in [2.05, 4.69) is 32.6 Å². The van der Waals surface area contributed by atoms with Gasteiger partial charge in [-0.25, -0.2) is 0 Å². The average Bonchev–Trinajstić information content (AvgIpc) is 3.42. The molecule has 1 amide bonds. The van der Waals surface area contributed by atoms with E-state index >= 15 is 0 Å². The van der Waals surface area contributed by atoms with Crippen molar-refractivity contribution in [2.24, 2.45) is 0 Å². The minimum Gasteiger partial charge on any atom is -0.447 e. The van der Waals surface area contributed by atoms with Crippen LogP contribution >= 0.6 is 0 Å². The fourth-order valence-corrected chi connectivity index (χ4v) is 4.38. The van der Waals surface area contributed by atoms with Crippen molar-refractivity contribution in [3.8, 4) is 6.08 Å². The number of ether oxygens (including phenoxy) is 1. The summed E-state index contributed by atoms with van der Waals surface area (Å²) in [6.07, 6.45) is 2.34. The van der Waals surface area contributed by atoms with Gasteiger partial charge in [-0.1, -0.05) is 54.6 Å². The van der Waals surface area contributed by atoms with Crippen molar-refractivity contribution < 1.29 is 13.9 Å². The number of nitrogens with one attached hydrogen (secondary N) is 2. The number of aromatic amines is 1. The van der Waals surface area contributed by atoms with Crippen LogP contribution in [-0.4, -0.2) is 27.2 Å². The molecule has 1 fully saturated rings. The third kappa shape index (κ3) is 3.93. The Morgan fingerprint density at radius 1 is 1.06 bits per heavy atom. The van der Waals surface area contributed by atoms with Gasteiger partial charge in [-0.3, -0.25) is 9.89 Å². The van der Waals surface area contributed by atoms with Gasteiger partial charge in [-0.2, -0.15) is 10.1 Å². The molecule has 2 N–H and O–H groups in total. The molecule has 0 radical (unpaired) electrons. The van der Waals surface area contributed by atoms with E-state index in [0.29, 0.717) is 24.2 Å². The fourth-order valence-electron chi connectivity index (χ4n) is 4.38. The van der Waals surface area contributed by atoms with E-state index in [4.69, 9.17) is 9.15 Å². The molecule has 0 unspecified atom stereocenters. The summed E-state index contributed by atoms with van der Waals surface area (Å²) < 4.78 is 11.5. The predicted molar refractivity (Wildman–Crippen MR) is 125 cm³/mol. The summed E-state index contributed by atoms with van der Waals surface area (Å²) in [5.41, 5.74) is 3.51. The normalized spacial score (nSPS) is 17.7. The van der Waals surface area contributed by atoms with Gasteiger partial charge in [0.1, 0.15) is 11.6 Å². The van der Waals surface area contributed by atoms with Gasteiger partial charge in [0.05, 0.1) is 6.42 Å². The number of amides is 1. The first-order valence-electron chi connectivity index (χ1n) is 11.1. The van der Waals surface area contributed by atoms with Gasteiger partial charge in [0, 0.05) is 17.7 Å². The van der Waals surface area contributed by atoms with Crippen LogP contribution in [0.25, 0.3) is 21.9 Å². The molecule has 2 heterocycles. The van der Waals surface area contributed by atoms with Crippen LogP contribution in [0, 0.1) is 0 Å². The van der Waals surface area contributed by atoms with Crippen molar-refractivity contribution in [2.75, 3.05) is 5.32 Å². The second-order valence-corrected chi connectivity index (χ2v) is 8.43. The molecule has 7 heteroatoms. The number of nitrogens with zero attached hydrogens (tertiary/aromatic N) is 2. The van der Waals surface area contributed by atoms with Gasteiger partial charge < -0.3 is 14.5 Å². The van der Waals surface area contributed by atoms with Crippen LogP contribution < -0.4 is 10.1 Å². The number of benzene rings is 3. The topological polar surface area (TPSA) is 93.0 Å². The van der Waals surface area contributed by atoms with E-state index in [1.54, 1.807) is 0 Å². The summed E-state index contributed by atoms with van der Waals surface area (Å²) in [6, 6.07) is 23.6. The minimum atomic E-state index is -0.0878. The number of carbonyl (C=O) groups excluding carboxylic acids is 1. The highest BCUT2D eigenvalue weighted by Gasteiger charge is 2.34. The molecule has 33 heavy (non-hydrogen) atoms. The van der Waals surface area contributed by atoms with Crippen LogP contribution in [0.15, 0.2) is 77.2 Å². The number of para-hydroxylation sites is 2. The second-order valence-electron chi connectivity index (χ2n) is 8.43. The van der Waals surface area contributed by atoms with Crippen molar-refractivity contribution in [2.45, 2.75) is 31.3 Å². The van der Waals surface area contributed by atoms with Gasteiger partial charge in [0.15, 0.2) is 11.4 Å². The van der Waals surface area contributed by atoms with E-state index < -0.39 is 0 Å². The Morgan fingerprint density at radius 3 is 2.79 bits per heavy atom. The zero-order valence-corrected chi connectivity index (χ0v) is 17.8. The number of hydrogen-bond donors (Lipinski definition) is 2. The first-order chi connectivity index (χ1) is 16.2. The maximum absolute atomic E-state index is 12.6. The molecule has 0 bridgehead atoms. The monoisotopic (exact) mass is 438 g/mol. The minimum absolute atomic E-state index is 0.0516. The smallest absolute Gasteiger partial charge is 0.394 e. The van der Waals surface area contributed by atoms with Crippen LogP contribution in [0.1, 0.15) is 30.0 Å². The molecular weight excluding hydrogens is 416 g/mol. The maximum Gasteiger partial charge on any atom is 0.394 e. The molecule has 0 aliphatic heterocycles. The van der Waals surface area contributed by atoms with Crippen molar-refractivity contribution in [3.63, 3.8) is 0 Å². The Balaban J connectivity index is 1.05. The molecule has 6 rings (SSSR count). The molecule has 2 aromatic heterocycles. The Bertz CT molecular complexity index is 1410. The summed E-state index contributed by atoms with van der Waals surface area (Å²) in [5, 5.41) is 12.5. The van der Waals surface area contributed by atoms with Crippen LogP contribution in [0.3, 0.4) is 0 Å².